The first-order valence-corrected chi connectivity index (χ1v) is 17.0. The lowest BCUT2D eigenvalue weighted by Gasteiger charge is -2.31. The SMILES string of the molecule is C=C(c1ccc(F)cc1)c1cnc(NCc2ccc(OC)cc2OC)c2c(-c3ccc(Oc4ccccc4)cc3)nn(C3CCCN(C(=O)O)C3)c12. The number of piperidine rings is 1. The summed E-state index contributed by atoms with van der Waals surface area (Å²) in [6.45, 7) is 5.52. The fourth-order valence-electron chi connectivity index (χ4n) is 6.61. The molecule has 1 aliphatic rings. The van der Waals surface area contributed by atoms with Crippen molar-refractivity contribution >= 4 is 28.4 Å². The zero-order valence-corrected chi connectivity index (χ0v) is 28.9. The van der Waals surface area contributed by atoms with Crippen molar-refractivity contribution in [3.05, 3.63) is 132 Å². The van der Waals surface area contributed by atoms with Crippen LogP contribution in [0.4, 0.5) is 15.0 Å². The summed E-state index contributed by atoms with van der Waals surface area (Å²) in [7, 11) is 3.22. The van der Waals surface area contributed by atoms with Crippen LogP contribution in [-0.2, 0) is 6.54 Å². The Kier molecular flexibility index (Phi) is 9.75. The van der Waals surface area contributed by atoms with Gasteiger partial charge in [-0.15, -0.1) is 0 Å². The van der Waals surface area contributed by atoms with E-state index in [0.29, 0.717) is 59.4 Å². The molecule has 1 saturated heterocycles. The minimum Gasteiger partial charge on any atom is -0.497 e. The van der Waals surface area contributed by atoms with E-state index < -0.39 is 6.09 Å². The number of carbonyl (C=O) groups is 1. The van der Waals surface area contributed by atoms with E-state index in [1.807, 2.05) is 77.5 Å². The molecule has 4 aromatic carbocycles. The molecule has 11 heteroatoms. The maximum Gasteiger partial charge on any atom is 0.407 e. The molecular formula is C41H38FN5O5. The zero-order valence-electron chi connectivity index (χ0n) is 28.9. The van der Waals surface area contributed by atoms with E-state index in [9.17, 15) is 14.3 Å². The van der Waals surface area contributed by atoms with Crippen LogP contribution in [0.3, 0.4) is 0 Å². The molecule has 1 atom stereocenters. The van der Waals surface area contributed by atoms with Crippen molar-refractivity contribution in [3.8, 4) is 34.3 Å². The number of likely N-dealkylation sites (tertiary alicyclic amines) is 1. The third-order valence-corrected chi connectivity index (χ3v) is 9.30. The predicted octanol–water partition coefficient (Wildman–Crippen LogP) is 9.04. The fraction of sp³-hybridized carbons (Fsp3) is 0.195. The summed E-state index contributed by atoms with van der Waals surface area (Å²) in [5.74, 6) is 2.94. The van der Waals surface area contributed by atoms with Gasteiger partial charge in [-0.1, -0.05) is 36.9 Å². The van der Waals surface area contributed by atoms with Crippen LogP contribution in [0.25, 0.3) is 27.7 Å². The molecule has 0 aliphatic carbocycles. The van der Waals surface area contributed by atoms with Crippen molar-refractivity contribution in [1.82, 2.24) is 19.7 Å². The van der Waals surface area contributed by atoms with Crippen LogP contribution in [0.5, 0.6) is 23.0 Å². The van der Waals surface area contributed by atoms with Gasteiger partial charge in [-0.2, -0.15) is 5.10 Å². The van der Waals surface area contributed by atoms with Gasteiger partial charge < -0.3 is 29.5 Å². The molecule has 10 nitrogen and oxygen atoms in total. The zero-order chi connectivity index (χ0) is 36.2. The Labute approximate surface area is 300 Å². The number of benzene rings is 4. The number of amides is 1. The average molecular weight is 700 g/mol. The highest BCUT2D eigenvalue weighted by molar-refractivity contribution is 6.06. The number of nitrogens with zero attached hydrogens (tertiary/aromatic N) is 4. The van der Waals surface area contributed by atoms with Crippen LogP contribution in [0, 0.1) is 5.82 Å². The monoisotopic (exact) mass is 699 g/mol. The van der Waals surface area contributed by atoms with Gasteiger partial charge in [0, 0.05) is 48.6 Å². The highest BCUT2D eigenvalue weighted by Gasteiger charge is 2.30. The molecule has 7 rings (SSSR count). The van der Waals surface area contributed by atoms with E-state index in [0.717, 1.165) is 39.8 Å². The quantitative estimate of drug-likeness (QED) is 0.138. The third kappa shape index (κ3) is 6.98. The lowest BCUT2D eigenvalue weighted by Crippen LogP contribution is -2.40. The van der Waals surface area contributed by atoms with Crippen molar-refractivity contribution in [1.29, 1.82) is 0 Å². The molecule has 1 aliphatic heterocycles. The number of aromatic nitrogens is 3. The number of hydrogen-bond acceptors (Lipinski definition) is 7. The number of methoxy groups -OCH3 is 2. The number of carboxylic acid groups (broad SMARTS) is 1. The van der Waals surface area contributed by atoms with E-state index in [4.69, 9.17) is 24.3 Å². The Morgan fingerprint density at radius 1 is 0.962 bits per heavy atom. The van der Waals surface area contributed by atoms with E-state index in [1.165, 1.54) is 17.0 Å². The maximum absolute atomic E-state index is 14.0. The topological polar surface area (TPSA) is 111 Å². The smallest absolute Gasteiger partial charge is 0.407 e. The number of nitrogens with one attached hydrogen (secondary N) is 1. The molecule has 0 saturated carbocycles. The van der Waals surface area contributed by atoms with Crippen LogP contribution >= 0.6 is 0 Å². The van der Waals surface area contributed by atoms with Crippen molar-refractivity contribution in [2.45, 2.75) is 25.4 Å². The summed E-state index contributed by atoms with van der Waals surface area (Å²) in [5.41, 5.74) is 5.14. The van der Waals surface area contributed by atoms with Gasteiger partial charge in [0.1, 0.15) is 40.3 Å². The molecule has 6 aromatic rings. The van der Waals surface area contributed by atoms with E-state index >= 15 is 0 Å². The van der Waals surface area contributed by atoms with Gasteiger partial charge in [0.2, 0.25) is 0 Å². The molecular weight excluding hydrogens is 661 g/mol. The molecule has 1 unspecified atom stereocenters. The number of pyridine rings is 1. The van der Waals surface area contributed by atoms with Crippen LogP contribution in [0.2, 0.25) is 0 Å². The summed E-state index contributed by atoms with van der Waals surface area (Å²) < 4.78 is 33.1. The summed E-state index contributed by atoms with van der Waals surface area (Å²) in [5, 5.41) is 19.5. The lowest BCUT2D eigenvalue weighted by molar-refractivity contribution is 0.120. The van der Waals surface area contributed by atoms with Crippen LogP contribution in [-0.4, -0.2) is 58.2 Å². The second-order valence-corrected chi connectivity index (χ2v) is 12.5. The molecule has 0 bridgehead atoms. The van der Waals surface area contributed by atoms with Crippen LogP contribution in [0.15, 0.2) is 110 Å². The third-order valence-electron chi connectivity index (χ3n) is 9.30. The van der Waals surface area contributed by atoms with E-state index in [2.05, 4.69) is 11.9 Å². The molecule has 1 amide bonds. The summed E-state index contributed by atoms with van der Waals surface area (Å²) in [6, 6.07) is 28.8. The van der Waals surface area contributed by atoms with Crippen molar-refractivity contribution in [2.75, 3.05) is 32.6 Å². The Morgan fingerprint density at radius 3 is 2.40 bits per heavy atom. The molecule has 52 heavy (non-hydrogen) atoms. The first kappa shape index (κ1) is 34.1. The molecule has 3 heterocycles. The maximum atomic E-state index is 14.0. The second-order valence-electron chi connectivity index (χ2n) is 12.5. The molecule has 264 valence electrons. The Morgan fingerprint density at radius 2 is 1.69 bits per heavy atom. The van der Waals surface area contributed by atoms with Gasteiger partial charge in [-0.25, -0.2) is 14.2 Å². The number of rotatable bonds is 11. The molecule has 1 fully saturated rings. The molecule has 0 spiro atoms. The summed E-state index contributed by atoms with van der Waals surface area (Å²) >= 11 is 0. The highest BCUT2D eigenvalue weighted by atomic mass is 19.1. The van der Waals surface area contributed by atoms with Gasteiger partial charge in [0.25, 0.3) is 0 Å². The first-order chi connectivity index (χ1) is 25.3. The normalized spacial score (nSPS) is 14.2. The molecule has 2 aromatic heterocycles. The number of fused-ring (bicyclic) bond motifs is 1. The van der Waals surface area contributed by atoms with Gasteiger partial charge in [-0.3, -0.25) is 4.68 Å². The summed E-state index contributed by atoms with van der Waals surface area (Å²) in [4.78, 5) is 18.5. The predicted molar refractivity (Wildman–Crippen MR) is 199 cm³/mol. The van der Waals surface area contributed by atoms with E-state index in [1.54, 1.807) is 32.5 Å². The standard InChI is InChI=1S/C41H38FN5O5/c1-26(27-11-16-30(42)17-12-27)35-24-44-40(43-23-29-15-20-34(50-2)22-36(29)51-3)37-38(28-13-18-33(19-14-28)52-32-9-5-4-6-10-32)45-47(39(35)37)31-8-7-21-46(25-31)41(48)49/h4-6,9-20,22,24,31H,1,7-8,21,23,25H2,2-3H3,(H,43,44)(H,48,49). The largest absolute Gasteiger partial charge is 0.497 e. The molecule has 2 N–H and O–H groups in total. The number of ether oxygens (including phenoxy) is 3. The van der Waals surface area contributed by atoms with Gasteiger partial charge in [-0.05, 0) is 84.6 Å². The van der Waals surface area contributed by atoms with E-state index in [-0.39, 0.29) is 18.4 Å². The highest BCUT2D eigenvalue weighted by Crippen LogP contribution is 2.41. The summed E-state index contributed by atoms with van der Waals surface area (Å²) in [6.07, 6.45) is 2.18. The molecule has 0 radical (unpaired) electrons. The first-order valence-electron chi connectivity index (χ1n) is 17.0. The van der Waals surface area contributed by atoms with Crippen LogP contribution in [0.1, 0.15) is 35.6 Å². The van der Waals surface area contributed by atoms with Crippen molar-refractivity contribution < 1.29 is 28.5 Å². The Hall–Kier alpha value is -6.36. The minimum atomic E-state index is -0.969. The Balaban J connectivity index is 1.39. The number of halogens is 1. The second kappa shape index (κ2) is 14.9. The Bertz CT molecular complexity index is 2220. The minimum absolute atomic E-state index is 0.265. The van der Waals surface area contributed by atoms with Gasteiger partial charge in [0.15, 0.2) is 0 Å². The van der Waals surface area contributed by atoms with Crippen LogP contribution < -0.4 is 19.5 Å². The van der Waals surface area contributed by atoms with Crippen molar-refractivity contribution in [3.63, 3.8) is 0 Å². The number of anilines is 1. The number of para-hydroxylation sites is 1. The lowest BCUT2D eigenvalue weighted by atomic mass is 9.97. The number of hydrogen-bond donors (Lipinski definition) is 2. The van der Waals surface area contributed by atoms with Crippen molar-refractivity contribution in [2.24, 2.45) is 0 Å². The van der Waals surface area contributed by atoms with Gasteiger partial charge >= 0.3 is 6.09 Å². The average Bonchev–Trinajstić information content (AvgIpc) is 3.59. The van der Waals surface area contributed by atoms with Gasteiger partial charge in [0.05, 0.1) is 31.2 Å². The fourth-order valence-corrected chi connectivity index (χ4v) is 6.61.